The smallest absolute Gasteiger partial charge is 0.262 e. The maximum atomic E-state index is 14.6. The van der Waals surface area contributed by atoms with Gasteiger partial charge in [-0.15, -0.1) is 12.4 Å². The van der Waals surface area contributed by atoms with E-state index in [-0.39, 0.29) is 29.9 Å². The highest BCUT2D eigenvalue weighted by atomic mass is 35.5. The summed E-state index contributed by atoms with van der Waals surface area (Å²) in [4.78, 5) is 16.0. The predicted molar refractivity (Wildman–Crippen MR) is 166 cm³/mol. The van der Waals surface area contributed by atoms with Crippen LogP contribution in [0.1, 0.15) is 46.4 Å². The highest BCUT2D eigenvalue weighted by molar-refractivity contribution is 6.04. The van der Waals surface area contributed by atoms with Gasteiger partial charge >= 0.3 is 0 Å². The van der Waals surface area contributed by atoms with Gasteiger partial charge < -0.3 is 18.9 Å². The summed E-state index contributed by atoms with van der Waals surface area (Å²) < 4.78 is 52.7. The molecule has 0 amide bonds. The third-order valence-corrected chi connectivity index (χ3v) is 8.70. The second-order valence-corrected chi connectivity index (χ2v) is 11.2. The van der Waals surface area contributed by atoms with Gasteiger partial charge in [0.25, 0.3) is 5.91 Å². The van der Waals surface area contributed by atoms with Gasteiger partial charge in [0.1, 0.15) is 23.1 Å². The summed E-state index contributed by atoms with van der Waals surface area (Å²) in [5, 5.41) is 0.971. The largest absolute Gasteiger partial charge is 0.497 e. The van der Waals surface area contributed by atoms with E-state index in [0.29, 0.717) is 56.9 Å². The summed E-state index contributed by atoms with van der Waals surface area (Å²) >= 11 is 0. The summed E-state index contributed by atoms with van der Waals surface area (Å²) in [6.07, 6.45) is 2.78. The zero-order chi connectivity index (χ0) is 30.0. The van der Waals surface area contributed by atoms with Gasteiger partial charge in [-0.1, -0.05) is 0 Å². The SMILES string of the molecule is COc1ccc2c(c1)c1c(n2C(=O)c2ccc(F)cc2)CCN(CCCOc2cc(F)cc(C3(OC)CCOCC3)c2)C1.Cl. The van der Waals surface area contributed by atoms with Crippen LogP contribution in [-0.2, 0) is 28.0 Å². The number of nitrogens with zero attached hydrogens (tertiary/aromatic N) is 2. The first kappa shape index (κ1) is 31.9. The van der Waals surface area contributed by atoms with Crippen molar-refractivity contribution in [2.45, 2.75) is 37.8 Å². The van der Waals surface area contributed by atoms with E-state index in [4.69, 9.17) is 18.9 Å². The van der Waals surface area contributed by atoms with Crippen LogP contribution >= 0.6 is 12.4 Å². The molecule has 0 aliphatic carbocycles. The highest BCUT2D eigenvalue weighted by Crippen LogP contribution is 2.38. The zero-order valence-corrected chi connectivity index (χ0v) is 25.8. The van der Waals surface area contributed by atoms with Crippen molar-refractivity contribution < 1.29 is 32.5 Å². The number of rotatable bonds is 9. The summed E-state index contributed by atoms with van der Waals surface area (Å²) in [5.41, 5.74) is 3.52. The van der Waals surface area contributed by atoms with Gasteiger partial charge in [-0.05, 0) is 72.1 Å². The topological polar surface area (TPSA) is 62.2 Å². The van der Waals surface area contributed by atoms with Gasteiger partial charge in [-0.25, -0.2) is 8.78 Å². The van der Waals surface area contributed by atoms with Crippen molar-refractivity contribution in [3.63, 3.8) is 0 Å². The molecule has 2 aliphatic rings. The molecule has 234 valence electrons. The first-order valence-corrected chi connectivity index (χ1v) is 14.7. The monoisotopic (exact) mass is 626 g/mol. The third kappa shape index (κ3) is 6.33. The van der Waals surface area contributed by atoms with Crippen molar-refractivity contribution in [1.82, 2.24) is 9.47 Å². The lowest BCUT2D eigenvalue weighted by Crippen LogP contribution is -2.35. The molecule has 1 saturated heterocycles. The molecule has 0 saturated carbocycles. The van der Waals surface area contributed by atoms with Crippen LogP contribution in [0.15, 0.2) is 60.7 Å². The predicted octanol–water partition coefficient (Wildman–Crippen LogP) is 6.52. The molecule has 0 bridgehead atoms. The number of methoxy groups -OCH3 is 2. The normalized spacial score (nSPS) is 16.3. The Balaban J connectivity index is 0.00000384. The van der Waals surface area contributed by atoms with Crippen LogP contribution in [-0.4, -0.2) is 62.5 Å². The van der Waals surface area contributed by atoms with Crippen LogP contribution in [0, 0.1) is 11.6 Å². The number of hydrogen-bond donors (Lipinski definition) is 0. The third-order valence-electron chi connectivity index (χ3n) is 8.70. The Morgan fingerprint density at radius 2 is 1.73 bits per heavy atom. The minimum Gasteiger partial charge on any atom is -0.497 e. The van der Waals surface area contributed by atoms with E-state index < -0.39 is 5.60 Å². The minimum absolute atomic E-state index is 0. The van der Waals surface area contributed by atoms with Crippen LogP contribution in [0.4, 0.5) is 8.78 Å². The maximum Gasteiger partial charge on any atom is 0.262 e. The summed E-state index contributed by atoms with van der Waals surface area (Å²) in [6.45, 7) is 3.82. The van der Waals surface area contributed by atoms with Crippen LogP contribution in [0.2, 0.25) is 0 Å². The fraction of sp³-hybridized carbons (Fsp3) is 0.382. The molecule has 7 nitrogen and oxygen atoms in total. The molecule has 0 spiro atoms. The molecular weight excluding hydrogens is 590 g/mol. The number of carbonyl (C=O) groups excluding carboxylic acids is 1. The van der Waals surface area contributed by atoms with Gasteiger partial charge in [0.15, 0.2) is 0 Å². The van der Waals surface area contributed by atoms with Crippen molar-refractivity contribution in [3.8, 4) is 11.5 Å². The maximum absolute atomic E-state index is 14.6. The fourth-order valence-electron chi connectivity index (χ4n) is 6.36. The van der Waals surface area contributed by atoms with Crippen molar-refractivity contribution in [3.05, 3.63) is 94.7 Å². The number of benzene rings is 3. The lowest BCUT2D eigenvalue weighted by molar-refractivity contribution is -0.0950. The molecule has 10 heteroatoms. The molecule has 2 aliphatic heterocycles. The quantitative estimate of drug-likeness (QED) is 0.197. The number of halogens is 3. The number of hydrogen-bond acceptors (Lipinski definition) is 6. The Labute approximate surface area is 262 Å². The molecule has 4 aromatic rings. The first-order chi connectivity index (χ1) is 20.9. The number of carbonyl (C=O) groups is 1. The van der Waals surface area contributed by atoms with E-state index in [2.05, 4.69) is 4.90 Å². The lowest BCUT2D eigenvalue weighted by atomic mass is 9.86. The van der Waals surface area contributed by atoms with E-state index in [9.17, 15) is 13.6 Å². The lowest BCUT2D eigenvalue weighted by Gasteiger charge is -2.36. The van der Waals surface area contributed by atoms with Crippen molar-refractivity contribution >= 4 is 29.2 Å². The summed E-state index contributed by atoms with van der Waals surface area (Å²) in [7, 11) is 3.29. The van der Waals surface area contributed by atoms with Crippen LogP contribution in [0.25, 0.3) is 10.9 Å². The van der Waals surface area contributed by atoms with E-state index >= 15 is 0 Å². The van der Waals surface area contributed by atoms with Crippen molar-refractivity contribution in [1.29, 1.82) is 0 Å². The Morgan fingerprint density at radius 3 is 2.45 bits per heavy atom. The van der Waals surface area contributed by atoms with Crippen molar-refractivity contribution in [2.24, 2.45) is 0 Å². The number of fused-ring (bicyclic) bond motifs is 3. The van der Waals surface area contributed by atoms with Crippen LogP contribution < -0.4 is 9.47 Å². The van der Waals surface area contributed by atoms with Crippen LogP contribution in [0.3, 0.4) is 0 Å². The standard InChI is InChI=1S/C34H36F2N2O5.ClH/c1-40-27-8-9-31-29(21-27)30-22-37(14-10-32(30)38(31)33(39)23-4-6-25(35)7-5-23)13-3-15-43-28-19-24(18-26(36)20-28)34(41-2)11-16-42-17-12-34;/h4-9,18-21H,3,10-17,22H2,1-2H3;1H. The molecule has 44 heavy (non-hydrogen) atoms. The van der Waals surface area contributed by atoms with Gasteiger partial charge in [0.2, 0.25) is 0 Å². The van der Waals surface area contributed by atoms with Crippen molar-refractivity contribution in [2.75, 3.05) is 47.1 Å². The Bertz CT molecular complexity index is 1620. The molecule has 1 aromatic heterocycles. The highest BCUT2D eigenvalue weighted by Gasteiger charge is 2.35. The van der Waals surface area contributed by atoms with E-state index in [1.165, 1.54) is 36.4 Å². The molecule has 0 radical (unpaired) electrons. The van der Waals surface area contributed by atoms with Crippen LogP contribution in [0.5, 0.6) is 11.5 Å². The molecule has 1 fully saturated rings. The Hall–Kier alpha value is -3.50. The second kappa shape index (κ2) is 13.6. The average Bonchev–Trinajstić information content (AvgIpc) is 3.36. The fourth-order valence-corrected chi connectivity index (χ4v) is 6.36. The molecular formula is C34H37ClF2N2O5. The first-order valence-electron chi connectivity index (χ1n) is 14.7. The van der Waals surface area contributed by atoms with Gasteiger partial charge in [-0.2, -0.15) is 0 Å². The average molecular weight is 627 g/mol. The van der Waals surface area contributed by atoms with Gasteiger partial charge in [-0.3, -0.25) is 14.3 Å². The van der Waals surface area contributed by atoms with E-state index in [1.807, 2.05) is 24.3 Å². The van der Waals surface area contributed by atoms with Gasteiger partial charge in [0, 0.05) is 81.9 Å². The Morgan fingerprint density at radius 1 is 0.955 bits per heavy atom. The summed E-state index contributed by atoms with van der Waals surface area (Å²) in [5.74, 6) is 0.312. The number of aromatic nitrogens is 1. The van der Waals surface area contributed by atoms with E-state index in [0.717, 1.165) is 53.0 Å². The molecule has 3 aromatic carbocycles. The molecule has 3 heterocycles. The van der Waals surface area contributed by atoms with Gasteiger partial charge in [0.05, 0.1) is 24.8 Å². The van der Waals surface area contributed by atoms with E-state index in [1.54, 1.807) is 18.8 Å². The zero-order valence-electron chi connectivity index (χ0n) is 24.9. The second-order valence-electron chi connectivity index (χ2n) is 11.2. The number of ether oxygens (including phenoxy) is 4. The molecule has 0 unspecified atom stereocenters. The minimum atomic E-state index is -0.566. The summed E-state index contributed by atoms with van der Waals surface area (Å²) in [6, 6.07) is 16.2. The molecule has 0 N–H and O–H groups in total. The molecule has 0 atom stereocenters. The Kier molecular flexibility index (Phi) is 9.90. The molecule has 6 rings (SSSR count).